The summed E-state index contributed by atoms with van der Waals surface area (Å²) < 4.78 is 1.71. The molecular weight excluding hydrogens is 198 g/mol. The van der Waals surface area contributed by atoms with E-state index in [1.54, 1.807) is 22.2 Å². The molecular formula is C8H11N5S. The fourth-order valence-electron chi connectivity index (χ4n) is 1.58. The van der Waals surface area contributed by atoms with Crippen LogP contribution >= 0.6 is 11.3 Å². The Morgan fingerprint density at radius 2 is 2.50 bits per heavy atom. The van der Waals surface area contributed by atoms with Crippen LogP contribution in [0.25, 0.3) is 4.96 Å². The second-order valence-corrected chi connectivity index (χ2v) is 4.80. The standard InChI is InChI=1S/C8H11N5S/c9-6(5-1-2-5)3-7-12-13-4-10-11-8(13)14-7/h4-6H,1-3,9H2. The SMILES string of the molecule is NC(Cc1nn2cnnc2s1)C1CC1. The Labute approximate surface area is 84.9 Å². The summed E-state index contributed by atoms with van der Waals surface area (Å²) in [6.07, 6.45) is 5.06. The van der Waals surface area contributed by atoms with Crippen LogP contribution in [0.2, 0.25) is 0 Å². The van der Waals surface area contributed by atoms with Gasteiger partial charge in [-0.25, -0.2) is 0 Å². The maximum absolute atomic E-state index is 6.02. The molecule has 1 unspecified atom stereocenters. The monoisotopic (exact) mass is 209 g/mol. The van der Waals surface area contributed by atoms with Crippen molar-refractivity contribution < 1.29 is 0 Å². The van der Waals surface area contributed by atoms with Gasteiger partial charge in [0.15, 0.2) is 0 Å². The average molecular weight is 209 g/mol. The Bertz CT molecular complexity index is 415. The molecule has 1 aliphatic carbocycles. The fourth-order valence-corrected chi connectivity index (χ4v) is 2.46. The Kier molecular flexibility index (Phi) is 1.78. The predicted octanol–water partition coefficient (Wildman–Crippen LogP) is 0.466. The lowest BCUT2D eigenvalue weighted by Gasteiger charge is -2.05. The molecule has 74 valence electrons. The van der Waals surface area contributed by atoms with Crippen LogP contribution in [-0.2, 0) is 6.42 Å². The highest BCUT2D eigenvalue weighted by Gasteiger charge is 2.29. The maximum atomic E-state index is 6.02. The summed E-state index contributed by atoms with van der Waals surface area (Å²) in [6.45, 7) is 0. The largest absolute Gasteiger partial charge is 0.327 e. The summed E-state index contributed by atoms with van der Waals surface area (Å²) in [6, 6.07) is 0.277. The van der Waals surface area contributed by atoms with Crippen molar-refractivity contribution in [3.63, 3.8) is 0 Å². The number of nitrogens with two attached hydrogens (primary N) is 1. The van der Waals surface area contributed by atoms with E-state index in [1.165, 1.54) is 12.8 Å². The third-order valence-corrected chi connectivity index (χ3v) is 3.50. The van der Waals surface area contributed by atoms with Gasteiger partial charge in [0.25, 0.3) is 0 Å². The second-order valence-electron chi connectivity index (χ2n) is 3.76. The Morgan fingerprint density at radius 1 is 1.64 bits per heavy atom. The van der Waals surface area contributed by atoms with E-state index in [1.807, 2.05) is 0 Å². The van der Waals surface area contributed by atoms with Gasteiger partial charge in [-0.1, -0.05) is 11.3 Å². The number of hydrogen-bond donors (Lipinski definition) is 1. The highest BCUT2D eigenvalue weighted by molar-refractivity contribution is 7.16. The highest BCUT2D eigenvalue weighted by Crippen LogP contribution is 2.33. The molecule has 0 aromatic carbocycles. The molecule has 1 fully saturated rings. The van der Waals surface area contributed by atoms with Crippen LogP contribution < -0.4 is 5.73 Å². The molecule has 2 N–H and O–H groups in total. The number of rotatable bonds is 3. The van der Waals surface area contributed by atoms with E-state index in [4.69, 9.17) is 5.73 Å². The summed E-state index contributed by atoms with van der Waals surface area (Å²) in [7, 11) is 0. The van der Waals surface area contributed by atoms with Crippen LogP contribution in [0.3, 0.4) is 0 Å². The molecule has 0 aliphatic heterocycles. The third-order valence-electron chi connectivity index (χ3n) is 2.57. The fraction of sp³-hybridized carbons (Fsp3) is 0.625. The van der Waals surface area contributed by atoms with Gasteiger partial charge in [-0.3, -0.25) is 0 Å². The molecule has 0 spiro atoms. The first kappa shape index (κ1) is 8.31. The molecule has 1 atom stereocenters. The molecule has 3 rings (SSSR count). The molecule has 0 saturated heterocycles. The molecule has 0 radical (unpaired) electrons. The summed E-state index contributed by atoms with van der Waals surface area (Å²) in [4.78, 5) is 0.850. The van der Waals surface area contributed by atoms with Crippen LogP contribution in [0.5, 0.6) is 0 Å². The normalized spacial score (nSPS) is 18.9. The van der Waals surface area contributed by atoms with Crippen molar-refractivity contribution in [1.29, 1.82) is 0 Å². The number of aromatic nitrogens is 4. The van der Waals surface area contributed by atoms with E-state index in [2.05, 4.69) is 15.3 Å². The van der Waals surface area contributed by atoms with Gasteiger partial charge in [0.1, 0.15) is 11.3 Å². The van der Waals surface area contributed by atoms with E-state index in [0.29, 0.717) is 0 Å². The first-order chi connectivity index (χ1) is 6.83. The molecule has 1 aliphatic rings. The first-order valence-electron chi connectivity index (χ1n) is 4.74. The van der Waals surface area contributed by atoms with Crippen molar-refractivity contribution in [2.75, 3.05) is 0 Å². The minimum atomic E-state index is 0.277. The van der Waals surface area contributed by atoms with Crippen molar-refractivity contribution in [2.45, 2.75) is 25.3 Å². The quantitative estimate of drug-likeness (QED) is 0.797. The van der Waals surface area contributed by atoms with Gasteiger partial charge < -0.3 is 5.73 Å². The van der Waals surface area contributed by atoms with Gasteiger partial charge in [0, 0.05) is 12.5 Å². The zero-order valence-electron chi connectivity index (χ0n) is 7.63. The molecule has 2 aromatic heterocycles. The molecule has 2 aromatic rings. The lowest BCUT2D eigenvalue weighted by molar-refractivity contribution is 0.586. The molecule has 5 nitrogen and oxygen atoms in total. The number of nitrogens with zero attached hydrogens (tertiary/aromatic N) is 4. The summed E-state index contributed by atoms with van der Waals surface area (Å²) >= 11 is 1.58. The predicted molar refractivity (Wildman–Crippen MR) is 53.1 cm³/mol. The van der Waals surface area contributed by atoms with Gasteiger partial charge in [-0.2, -0.15) is 9.61 Å². The highest BCUT2D eigenvalue weighted by atomic mass is 32.1. The summed E-state index contributed by atoms with van der Waals surface area (Å²) in [5.41, 5.74) is 6.02. The van der Waals surface area contributed by atoms with E-state index in [9.17, 15) is 0 Å². The Morgan fingerprint density at radius 3 is 3.21 bits per heavy atom. The smallest absolute Gasteiger partial charge is 0.234 e. The van der Waals surface area contributed by atoms with Crippen LogP contribution in [0.15, 0.2) is 6.33 Å². The average Bonchev–Trinajstić information content (AvgIpc) is 2.80. The van der Waals surface area contributed by atoms with Gasteiger partial charge in [-0.15, -0.1) is 10.2 Å². The second kappa shape index (κ2) is 2.99. The van der Waals surface area contributed by atoms with Gasteiger partial charge in [-0.05, 0) is 18.8 Å². The van der Waals surface area contributed by atoms with Crippen molar-refractivity contribution >= 4 is 16.3 Å². The lowest BCUT2D eigenvalue weighted by Crippen LogP contribution is -2.24. The molecule has 14 heavy (non-hydrogen) atoms. The van der Waals surface area contributed by atoms with Crippen molar-refractivity contribution in [2.24, 2.45) is 11.7 Å². The zero-order valence-corrected chi connectivity index (χ0v) is 8.44. The van der Waals surface area contributed by atoms with Crippen LogP contribution in [0.1, 0.15) is 17.8 Å². The van der Waals surface area contributed by atoms with Gasteiger partial charge >= 0.3 is 0 Å². The number of hydrogen-bond acceptors (Lipinski definition) is 5. The van der Waals surface area contributed by atoms with E-state index in [-0.39, 0.29) is 6.04 Å². The summed E-state index contributed by atoms with van der Waals surface area (Å²) in [5, 5.41) is 13.1. The van der Waals surface area contributed by atoms with Crippen molar-refractivity contribution in [3.05, 3.63) is 11.3 Å². The molecule has 2 heterocycles. The van der Waals surface area contributed by atoms with Crippen LogP contribution in [0.4, 0.5) is 0 Å². The minimum absolute atomic E-state index is 0.277. The van der Waals surface area contributed by atoms with Crippen molar-refractivity contribution in [1.82, 2.24) is 19.8 Å². The Balaban J connectivity index is 1.80. The lowest BCUT2D eigenvalue weighted by atomic mass is 10.1. The van der Waals surface area contributed by atoms with Crippen LogP contribution in [-0.4, -0.2) is 25.9 Å². The zero-order chi connectivity index (χ0) is 9.54. The van der Waals surface area contributed by atoms with E-state index < -0.39 is 0 Å². The van der Waals surface area contributed by atoms with E-state index >= 15 is 0 Å². The first-order valence-corrected chi connectivity index (χ1v) is 5.56. The van der Waals surface area contributed by atoms with Crippen molar-refractivity contribution in [3.8, 4) is 0 Å². The van der Waals surface area contributed by atoms with Crippen LogP contribution in [0, 0.1) is 5.92 Å². The molecule has 0 bridgehead atoms. The minimum Gasteiger partial charge on any atom is -0.327 e. The van der Waals surface area contributed by atoms with Gasteiger partial charge in [0.05, 0.1) is 0 Å². The van der Waals surface area contributed by atoms with Gasteiger partial charge in [0.2, 0.25) is 4.96 Å². The van der Waals surface area contributed by atoms with E-state index in [0.717, 1.165) is 22.3 Å². The third kappa shape index (κ3) is 1.40. The topological polar surface area (TPSA) is 69.1 Å². The molecule has 1 saturated carbocycles. The summed E-state index contributed by atoms with van der Waals surface area (Å²) in [5.74, 6) is 0.726. The molecule has 0 amide bonds. The maximum Gasteiger partial charge on any atom is 0.234 e. The Hall–Kier alpha value is -1.01. The molecule has 6 heteroatoms. The number of fused-ring (bicyclic) bond motifs is 1.